The first kappa shape index (κ1) is 22.0. The molecule has 0 radical (unpaired) electrons. The van der Waals surface area contributed by atoms with Crippen LogP contribution in [0.25, 0.3) is 0 Å². The molecule has 4 N–H and O–H groups in total. The summed E-state index contributed by atoms with van der Waals surface area (Å²) < 4.78 is 5.43. The van der Waals surface area contributed by atoms with Gasteiger partial charge in [0.2, 0.25) is 11.9 Å². The van der Waals surface area contributed by atoms with E-state index in [4.69, 9.17) is 10.5 Å². The lowest BCUT2D eigenvalue weighted by Gasteiger charge is -2.30. The van der Waals surface area contributed by atoms with Gasteiger partial charge in [0.05, 0.1) is 5.92 Å². The largest absolute Gasteiger partial charge is 0.457 e. The smallest absolute Gasteiger partial charge is 0.321 e. The third kappa shape index (κ3) is 6.16. The number of rotatable bonds is 6. The van der Waals surface area contributed by atoms with E-state index >= 15 is 0 Å². The molecule has 1 fully saturated rings. The Kier molecular flexibility index (Phi) is 6.93. The highest BCUT2D eigenvalue weighted by molar-refractivity contribution is 5.89. The fourth-order valence-corrected chi connectivity index (χ4v) is 3.50. The van der Waals surface area contributed by atoms with Crippen molar-refractivity contribution in [1.29, 1.82) is 0 Å². The number of amides is 2. The molecule has 4 rings (SSSR count). The van der Waals surface area contributed by atoms with Crippen LogP contribution in [0.2, 0.25) is 0 Å². The van der Waals surface area contributed by atoms with Crippen molar-refractivity contribution in [2.24, 2.45) is 5.92 Å². The molecule has 10 heteroatoms. The molecule has 0 aliphatic carbocycles. The van der Waals surface area contributed by atoms with Gasteiger partial charge in [0.15, 0.2) is 12.4 Å². The maximum Gasteiger partial charge on any atom is 0.321 e. The molecule has 0 unspecified atom stereocenters. The molecule has 170 valence electrons. The quantitative estimate of drug-likeness (QED) is 0.490. The fourth-order valence-electron chi connectivity index (χ4n) is 3.50. The third-order valence-electron chi connectivity index (χ3n) is 5.21. The number of nitrogens with one attached hydrogen (secondary N) is 2. The molecule has 0 saturated carbocycles. The van der Waals surface area contributed by atoms with Crippen LogP contribution < -0.4 is 16.4 Å². The van der Waals surface area contributed by atoms with Gasteiger partial charge < -0.3 is 26.0 Å². The zero-order valence-corrected chi connectivity index (χ0v) is 18.0. The number of anilines is 4. The molecule has 0 atom stereocenters. The predicted octanol–water partition coefficient (Wildman–Crippen LogP) is 3.18. The summed E-state index contributed by atoms with van der Waals surface area (Å²) in [5, 5.41) is 5.90. The van der Waals surface area contributed by atoms with Crippen LogP contribution in [0.4, 0.5) is 28.1 Å². The minimum atomic E-state index is -0.338. The molecule has 10 nitrogen and oxygen atoms in total. The first-order valence-electron chi connectivity index (χ1n) is 10.7. The van der Waals surface area contributed by atoms with E-state index in [2.05, 4.69) is 25.6 Å². The highest BCUT2D eigenvalue weighted by Gasteiger charge is 2.28. The Hall–Kier alpha value is -4.21. The maximum absolute atomic E-state index is 12.5. The lowest BCUT2D eigenvalue weighted by molar-refractivity contribution is -0.151. The number of para-hydroxylation sites is 2. The van der Waals surface area contributed by atoms with E-state index < -0.39 is 0 Å². The minimum absolute atomic E-state index is 0.0345. The molecule has 1 aliphatic heterocycles. The van der Waals surface area contributed by atoms with E-state index in [1.54, 1.807) is 4.90 Å². The number of hydrogen-bond acceptors (Lipinski definition) is 8. The van der Waals surface area contributed by atoms with E-state index in [-0.39, 0.29) is 42.2 Å². The van der Waals surface area contributed by atoms with Crippen molar-refractivity contribution in [2.75, 3.05) is 29.5 Å². The number of carbonyl (C=O) groups excluding carboxylic acids is 2. The van der Waals surface area contributed by atoms with Gasteiger partial charge in [-0.15, -0.1) is 0 Å². The Bertz CT molecular complexity index is 1090. The molecule has 2 aromatic carbocycles. The molecule has 0 spiro atoms. The van der Waals surface area contributed by atoms with Gasteiger partial charge in [-0.1, -0.05) is 36.4 Å². The number of nitrogen functional groups attached to an aromatic ring is 1. The van der Waals surface area contributed by atoms with Gasteiger partial charge in [-0.2, -0.15) is 15.0 Å². The number of urea groups is 1. The number of aromatic nitrogens is 3. The lowest BCUT2D eigenvalue weighted by Crippen LogP contribution is -2.42. The zero-order valence-electron chi connectivity index (χ0n) is 18.0. The van der Waals surface area contributed by atoms with E-state index in [9.17, 15) is 9.59 Å². The standard InChI is InChI=1S/C23H25N7O3/c24-21-27-19(28-22(29-21)25-17-7-3-1-4-8-17)15-33-20(31)16-11-13-30(14-12-16)23(32)26-18-9-5-2-6-10-18/h1-10,16H,11-15H2,(H,26,32)(H3,24,25,27,28,29). The Morgan fingerprint density at radius 2 is 1.58 bits per heavy atom. The van der Waals surface area contributed by atoms with Gasteiger partial charge in [-0.05, 0) is 37.1 Å². The number of nitrogens with zero attached hydrogens (tertiary/aromatic N) is 4. The summed E-state index contributed by atoms with van der Waals surface area (Å²) in [5.41, 5.74) is 7.31. The minimum Gasteiger partial charge on any atom is -0.457 e. The number of ether oxygens (including phenoxy) is 1. The molecule has 1 saturated heterocycles. The van der Waals surface area contributed by atoms with Crippen LogP contribution in [0.15, 0.2) is 60.7 Å². The van der Waals surface area contributed by atoms with Crippen LogP contribution in [-0.4, -0.2) is 44.9 Å². The summed E-state index contributed by atoms with van der Waals surface area (Å²) in [6.07, 6.45) is 1.06. The van der Waals surface area contributed by atoms with Gasteiger partial charge in [0, 0.05) is 24.5 Å². The summed E-state index contributed by atoms with van der Waals surface area (Å²) in [6, 6.07) is 18.5. The molecule has 3 aromatic rings. The van der Waals surface area contributed by atoms with Crippen LogP contribution in [0.5, 0.6) is 0 Å². The molecular formula is C23H25N7O3. The Balaban J connectivity index is 1.26. The molecule has 1 aliphatic rings. The summed E-state index contributed by atoms with van der Waals surface area (Å²) in [5.74, 6) is -0.0554. The summed E-state index contributed by atoms with van der Waals surface area (Å²) in [7, 11) is 0. The molecule has 0 bridgehead atoms. The van der Waals surface area contributed by atoms with Gasteiger partial charge in [-0.25, -0.2) is 4.79 Å². The molecule has 2 amide bonds. The summed E-state index contributed by atoms with van der Waals surface area (Å²) >= 11 is 0. The van der Waals surface area contributed by atoms with E-state index in [1.807, 2.05) is 60.7 Å². The maximum atomic E-state index is 12.5. The number of esters is 1. The average Bonchev–Trinajstić information content (AvgIpc) is 2.83. The highest BCUT2D eigenvalue weighted by Crippen LogP contribution is 2.20. The second-order valence-corrected chi connectivity index (χ2v) is 7.59. The van der Waals surface area contributed by atoms with E-state index in [0.717, 1.165) is 11.4 Å². The predicted molar refractivity (Wildman–Crippen MR) is 124 cm³/mol. The second kappa shape index (κ2) is 10.4. The molecular weight excluding hydrogens is 422 g/mol. The van der Waals surface area contributed by atoms with Crippen LogP contribution in [-0.2, 0) is 16.1 Å². The molecule has 2 heterocycles. The average molecular weight is 447 g/mol. The van der Waals surface area contributed by atoms with Crippen molar-refractivity contribution in [1.82, 2.24) is 19.9 Å². The van der Waals surface area contributed by atoms with Gasteiger partial charge >= 0.3 is 12.0 Å². The van der Waals surface area contributed by atoms with Gasteiger partial charge in [-0.3, -0.25) is 4.79 Å². The number of hydrogen-bond donors (Lipinski definition) is 3. The highest BCUT2D eigenvalue weighted by atomic mass is 16.5. The summed E-state index contributed by atoms with van der Waals surface area (Å²) in [6.45, 7) is 0.842. The Morgan fingerprint density at radius 1 is 0.939 bits per heavy atom. The number of likely N-dealkylation sites (tertiary alicyclic amines) is 1. The first-order valence-corrected chi connectivity index (χ1v) is 10.7. The number of carbonyl (C=O) groups is 2. The number of nitrogens with two attached hydrogens (primary N) is 1. The second-order valence-electron chi connectivity index (χ2n) is 7.59. The van der Waals surface area contributed by atoms with Crippen molar-refractivity contribution in [3.05, 3.63) is 66.5 Å². The lowest BCUT2D eigenvalue weighted by atomic mass is 9.97. The van der Waals surface area contributed by atoms with Crippen molar-refractivity contribution in [3.63, 3.8) is 0 Å². The molecule has 33 heavy (non-hydrogen) atoms. The topological polar surface area (TPSA) is 135 Å². The number of piperidine rings is 1. The van der Waals surface area contributed by atoms with Crippen molar-refractivity contribution in [2.45, 2.75) is 19.4 Å². The first-order chi connectivity index (χ1) is 16.1. The van der Waals surface area contributed by atoms with Gasteiger partial charge in [0.25, 0.3) is 0 Å². The van der Waals surface area contributed by atoms with Crippen LogP contribution in [0.1, 0.15) is 18.7 Å². The third-order valence-corrected chi connectivity index (χ3v) is 5.21. The SMILES string of the molecule is Nc1nc(COC(=O)C2CCN(C(=O)Nc3ccccc3)CC2)nc(Nc2ccccc2)n1. The van der Waals surface area contributed by atoms with E-state index in [1.165, 1.54) is 0 Å². The molecule has 1 aromatic heterocycles. The van der Waals surface area contributed by atoms with Gasteiger partial charge in [0.1, 0.15) is 0 Å². The Morgan fingerprint density at radius 3 is 2.24 bits per heavy atom. The van der Waals surface area contributed by atoms with E-state index in [0.29, 0.717) is 25.9 Å². The van der Waals surface area contributed by atoms with Crippen LogP contribution in [0.3, 0.4) is 0 Å². The zero-order chi connectivity index (χ0) is 23.0. The normalized spacial score (nSPS) is 13.9. The monoisotopic (exact) mass is 447 g/mol. The van der Waals surface area contributed by atoms with Crippen molar-refractivity contribution < 1.29 is 14.3 Å². The van der Waals surface area contributed by atoms with Crippen LogP contribution in [0, 0.1) is 5.92 Å². The number of benzene rings is 2. The Labute approximate surface area is 191 Å². The fraction of sp³-hybridized carbons (Fsp3) is 0.261. The van der Waals surface area contributed by atoms with Crippen LogP contribution >= 0.6 is 0 Å². The van der Waals surface area contributed by atoms with Crippen molar-refractivity contribution >= 4 is 35.3 Å². The summed E-state index contributed by atoms with van der Waals surface area (Å²) in [4.78, 5) is 39.0. The van der Waals surface area contributed by atoms with Crippen molar-refractivity contribution in [3.8, 4) is 0 Å².